The Morgan fingerprint density at radius 2 is 2.05 bits per heavy atom. The average molecular weight is 305 g/mol. The second-order valence-corrected chi connectivity index (χ2v) is 6.66. The Morgan fingerprint density at radius 1 is 1.32 bits per heavy atom. The number of halogens is 1. The first kappa shape index (κ1) is 16.4. The van der Waals surface area contributed by atoms with E-state index in [-0.39, 0.29) is 18.4 Å². The Labute approximate surface area is 121 Å². The molecule has 1 aliphatic rings. The van der Waals surface area contributed by atoms with Gasteiger partial charge in [0, 0.05) is 12.6 Å². The van der Waals surface area contributed by atoms with E-state index in [2.05, 4.69) is 10.0 Å². The Hall–Kier alpha value is -0.620. The molecule has 2 rings (SSSR count). The normalized spacial score (nSPS) is 19.2. The summed E-state index contributed by atoms with van der Waals surface area (Å²) in [4.78, 5) is 0.351. The molecule has 0 amide bonds. The van der Waals surface area contributed by atoms with Crippen LogP contribution in [0.4, 0.5) is 0 Å². The van der Waals surface area contributed by atoms with Crippen molar-refractivity contribution in [3.63, 3.8) is 0 Å². The molecule has 4 nitrogen and oxygen atoms in total. The van der Waals surface area contributed by atoms with Crippen LogP contribution < -0.4 is 10.0 Å². The van der Waals surface area contributed by atoms with Crippen LogP contribution in [0.2, 0.25) is 0 Å². The molecule has 108 valence electrons. The van der Waals surface area contributed by atoms with Gasteiger partial charge in [0.15, 0.2) is 0 Å². The standard InChI is InChI=1S/C13H20N2O2S.ClH/c1-10-5-6-13(8-11(10)2)18(16,17)15-9-12-4-3-7-14-12;/h5-6,8,12,14-15H,3-4,7,9H2,1-2H3;1H. The SMILES string of the molecule is Cc1ccc(S(=O)(=O)NCC2CCCN2)cc1C.Cl. The van der Waals surface area contributed by atoms with E-state index >= 15 is 0 Å². The van der Waals surface area contributed by atoms with Crippen molar-refractivity contribution in [2.75, 3.05) is 13.1 Å². The zero-order chi connectivity index (χ0) is 13.2. The third kappa shape index (κ3) is 4.18. The number of sulfonamides is 1. The molecule has 1 heterocycles. The molecule has 1 aromatic carbocycles. The van der Waals surface area contributed by atoms with Crippen LogP contribution in [-0.2, 0) is 10.0 Å². The zero-order valence-electron chi connectivity index (χ0n) is 11.3. The first-order chi connectivity index (χ1) is 8.49. The van der Waals surface area contributed by atoms with Crippen molar-refractivity contribution in [3.05, 3.63) is 29.3 Å². The van der Waals surface area contributed by atoms with Crippen molar-refractivity contribution >= 4 is 22.4 Å². The van der Waals surface area contributed by atoms with Gasteiger partial charge in [0.1, 0.15) is 0 Å². The first-order valence-corrected chi connectivity index (χ1v) is 7.78. The van der Waals surface area contributed by atoms with Crippen LogP contribution in [0.5, 0.6) is 0 Å². The quantitative estimate of drug-likeness (QED) is 0.891. The molecule has 1 aliphatic heterocycles. The lowest BCUT2D eigenvalue weighted by Gasteiger charge is -2.12. The smallest absolute Gasteiger partial charge is 0.240 e. The van der Waals surface area contributed by atoms with Crippen molar-refractivity contribution in [3.8, 4) is 0 Å². The largest absolute Gasteiger partial charge is 0.313 e. The van der Waals surface area contributed by atoms with Gasteiger partial charge in [0.25, 0.3) is 0 Å². The van der Waals surface area contributed by atoms with Gasteiger partial charge in [0.2, 0.25) is 10.0 Å². The summed E-state index contributed by atoms with van der Waals surface area (Å²) in [5, 5.41) is 3.27. The van der Waals surface area contributed by atoms with Crippen molar-refractivity contribution in [1.29, 1.82) is 0 Å². The van der Waals surface area contributed by atoms with E-state index < -0.39 is 10.0 Å². The van der Waals surface area contributed by atoms with E-state index in [1.165, 1.54) is 0 Å². The van der Waals surface area contributed by atoms with Gasteiger partial charge in [-0.15, -0.1) is 12.4 Å². The average Bonchev–Trinajstić information content (AvgIpc) is 2.83. The summed E-state index contributed by atoms with van der Waals surface area (Å²) in [6, 6.07) is 5.50. The van der Waals surface area contributed by atoms with Gasteiger partial charge in [-0.3, -0.25) is 0 Å². The molecule has 1 aromatic rings. The lowest BCUT2D eigenvalue weighted by molar-refractivity contribution is 0.551. The van der Waals surface area contributed by atoms with Crippen LogP contribution in [0.15, 0.2) is 23.1 Å². The van der Waals surface area contributed by atoms with Crippen molar-refractivity contribution in [2.24, 2.45) is 0 Å². The van der Waals surface area contributed by atoms with Crippen molar-refractivity contribution < 1.29 is 8.42 Å². The summed E-state index contributed by atoms with van der Waals surface area (Å²) in [5.41, 5.74) is 2.10. The lowest BCUT2D eigenvalue weighted by atomic mass is 10.1. The maximum Gasteiger partial charge on any atom is 0.240 e. The van der Waals surface area contributed by atoms with E-state index in [9.17, 15) is 8.42 Å². The summed E-state index contributed by atoms with van der Waals surface area (Å²) in [7, 11) is -3.38. The minimum Gasteiger partial charge on any atom is -0.313 e. The molecule has 0 aromatic heterocycles. The molecular formula is C13H21ClN2O2S. The molecule has 2 N–H and O–H groups in total. The molecule has 1 atom stereocenters. The van der Waals surface area contributed by atoms with Gasteiger partial charge in [-0.25, -0.2) is 13.1 Å². The summed E-state index contributed by atoms with van der Waals surface area (Å²) in [6.07, 6.45) is 2.16. The van der Waals surface area contributed by atoms with Crippen molar-refractivity contribution in [2.45, 2.75) is 37.6 Å². The molecule has 1 unspecified atom stereocenters. The fraction of sp³-hybridized carbons (Fsp3) is 0.538. The van der Waals surface area contributed by atoms with E-state index in [0.29, 0.717) is 11.4 Å². The Bertz CT molecular complexity index is 525. The summed E-state index contributed by atoms with van der Waals surface area (Å²) < 4.78 is 26.9. The Balaban J connectivity index is 0.00000180. The Kier molecular flexibility index (Phi) is 5.80. The van der Waals surface area contributed by atoms with Gasteiger partial charge >= 0.3 is 0 Å². The molecule has 1 saturated heterocycles. The van der Waals surface area contributed by atoms with Crippen LogP contribution in [0.25, 0.3) is 0 Å². The van der Waals surface area contributed by atoms with Gasteiger partial charge in [0.05, 0.1) is 4.90 Å². The molecular weight excluding hydrogens is 284 g/mol. The number of aryl methyl sites for hydroxylation is 2. The highest BCUT2D eigenvalue weighted by Gasteiger charge is 2.19. The zero-order valence-corrected chi connectivity index (χ0v) is 12.9. The molecule has 19 heavy (non-hydrogen) atoms. The molecule has 1 fully saturated rings. The summed E-state index contributed by atoms with van der Waals surface area (Å²) >= 11 is 0. The molecule has 6 heteroatoms. The monoisotopic (exact) mass is 304 g/mol. The van der Waals surface area contributed by atoms with E-state index in [1.54, 1.807) is 12.1 Å². The fourth-order valence-corrected chi connectivity index (χ4v) is 3.27. The topological polar surface area (TPSA) is 58.2 Å². The van der Waals surface area contributed by atoms with Gasteiger partial charge in [-0.2, -0.15) is 0 Å². The predicted octanol–water partition coefficient (Wildman–Crippen LogP) is 1.76. The van der Waals surface area contributed by atoms with Gasteiger partial charge < -0.3 is 5.32 Å². The van der Waals surface area contributed by atoms with Crippen LogP contribution in [0, 0.1) is 13.8 Å². The molecule has 0 spiro atoms. The van der Waals surface area contributed by atoms with Crippen LogP contribution in [0.3, 0.4) is 0 Å². The van der Waals surface area contributed by atoms with Gasteiger partial charge in [-0.05, 0) is 56.5 Å². The predicted molar refractivity (Wildman–Crippen MR) is 79.4 cm³/mol. The van der Waals surface area contributed by atoms with Crippen LogP contribution in [0.1, 0.15) is 24.0 Å². The molecule has 0 bridgehead atoms. The minimum atomic E-state index is -3.38. The van der Waals surface area contributed by atoms with E-state index in [4.69, 9.17) is 0 Å². The van der Waals surface area contributed by atoms with Crippen LogP contribution in [-0.4, -0.2) is 27.5 Å². The second-order valence-electron chi connectivity index (χ2n) is 4.89. The summed E-state index contributed by atoms with van der Waals surface area (Å²) in [5.74, 6) is 0. The number of hydrogen-bond acceptors (Lipinski definition) is 3. The van der Waals surface area contributed by atoms with Crippen LogP contribution >= 0.6 is 12.4 Å². The first-order valence-electron chi connectivity index (χ1n) is 6.29. The molecule has 0 saturated carbocycles. The highest BCUT2D eigenvalue weighted by Crippen LogP contribution is 2.15. The second kappa shape index (κ2) is 6.70. The third-order valence-electron chi connectivity index (χ3n) is 3.47. The summed E-state index contributed by atoms with van der Waals surface area (Å²) in [6.45, 7) is 5.35. The number of benzene rings is 1. The number of rotatable bonds is 4. The molecule has 0 radical (unpaired) electrons. The highest BCUT2D eigenvalue weighted by molar-refractivity contribution is 7.89. The van der Waals surface area contributed by atoms with Gasteiger partial charge in [-0.1, -0.05) is 6.07 Å². The Morgan fingerprint density at radius 3 is 2.63 bits per heavy atom. The van der Waals surface area contributed by atoms with E-state index in [1.807, 2.05) is 19.9 Å². The minimum absolute atomic E-state index is 0. The molecule has 0 aliphatic carbocycles. The van der Waals surface area contributed by atoms with Crippen molar-refractivity contribution in [1.82, 2.24) is 10.0 Å². The number of hydrogen-bond donors (Lipinski definition) is 2. The number of nitrogens with one attached hydrogen (secondary N) is 2. The van der Waals surface area contributed by atoms with E-state index in [0.717, 1.165) is 30.5 Å². The fourth-order valence-electron chi connectivity index (χ4n) is 2.11. The lowest BCUT2D eigenvalue weighted by Crippen LogP contribution is -2.37. The maximum absolute atomic E-state index is 12.1. The maximum atomic E-state index is 12.1. The highest BCUT2D eigenvalue weighted by atomic mass is 35.5. The third-order valence-corrected chi connectivity index (χ3v) is 4.89.